The quantitative estimate of drug-likeness (QED) is 0.797. The number of carbonyl (C=O) groups excluding carboxylic acids is 1. The Balaban J connectivity index is 1.49. The van der Waals surface area contributed by atoms with Crippen LogP contribution < -0.4 is 5.32 Å². The maximum absolute atomic E-state index is 14.5. The molecule has 1 aliphatic heterocycles. The van der Waals surface area contributed by atoms with Crippen LogP contribution in [-0.4, -0.2) is 21.5 Å². The molecule has 3 aromatic rings. The van der Waals surface area contributed by atoms with Crippen molar-refractivity contribution in [1.29, 1.82) is 0 Å². The van der Waals surface area contributed by atoms with Crippen LogP contribution in [0.15, 0.2) is 60.9 Å². The minimum Gasteiger partial charge on any atom is -0.347 e. The molecule has 1 unspecified atom stereocenters. The van der Waals surface area contributed by atoms with E-state index in [2.05, 4.69) is 10.3 Å². The molecule has 2 aromatic carbocycles. The first kappa shape index (κ1) is 15.6. The Morgan fingerprint density at radius 2 is 2.00 bits per heavy atom. The zero-order chi connectivity index (χ0) is 17.2. The number of benzene rings is 2. The Labute approximate surface area is 145 Å². The molecule has 4 rings (SSSR count). The molecule has 1 atom stereocenters. The molecule has 0 bridgehead atoms. The van der Waals surface area contributed by atoms with Gasteiger partial charge >= 0.3 is 0 Å². The van der Waals surface area contributed by atoms with Crippen LogP contribution >= 0.6 is 0 Å². The molecule has 1 aromatic heterocycles. The van der Waals surface area contributed by atoms with Crippen molar-refractivity contribution in [2.75, 3.05) is 0 Å². The number of imidazole rings is 1. The van der Waals surface area contributed by atoms with Gasteiger partial charge in [0.2, 0.25) is 0 Å². The van der Waals surface area contributed by atoms with Crippen LogP contribution in [-0.2, 0) is 13.0 Å². The fourth-order valence-corrected chi connectivity index (χ4v) is 3.26. The predicted octanol–water partition coefficient (Wildman–Crippen LogP) is 3.43. The van der Waals surface area contributed by atoms with E-state index in [0.717, 1.165) is 29.8 Å². The highest BCUT2D eigenvalue weighted by molar-refractivity contribution is 5.95. The van der Waals surface area contributed by atoms with E-state index in [1.165, 1.54) is 6.07 Å². The molecule has 1 N–H and O–H groups in total. The van der Waals surface area contributed by atoms with E-state index in [9.17, 15) is 9.18 Å². The van der Waals surface area contributed by atoms with Gasteiger partial charge in [-0.1, -0.05) is 36.4 Å². The van der Waals surface area contributed by atoms with Crippen LogP contribution in [0.3, 0.4) is 0 Å². The summed E-state index contributed by atoms with van der Waals surface area (Å²) in [5, 5.41) is 2.94. The number of nitrogens with zero attached hydrogens (tertiary/aromatic N) is 2. The fraction of sp³-hybridized carbons (Fsp3) is 0.200. The van der Waals surface area contributed by atoms with Crippen molar-refractivity contribution in [2.45, 2.75) is 25.4 Å². The largest absolute Gasteiger partial charge is 0.347 e. The molecule has 0 saturated carbocycles. The summed E-state index contributed by atoms with van der Waals surface area (Å²) in [5.41, 5.74) is 1.76. The number of rotatable bonds is 3. The second-order valence-corrected chi connectivity index (χ2v) is 6.27. The SMILES string of the molecule is O=C(NC1CCc2nccn2C1)c1ccc(-c2ccccc2)cc1F. The van der Waals surface area contributed by atoms with Gasteiger partial charge in [0.25, 0.3) is 5.91 Å². The Kier molecular flexibility index (Phi) is 4.06. The first-order chi connectivity index (χ1) is 12.2. The third-order valence-electron chi connectivity index (χ3n) is 4.59. The summed E-state index contributed by atoms with van der Waals surface area (Å²) in [6, 6.07) is 14.3. The van der Waals surface area contributed by atoms with E-state index in [-0.39, 0.29) is 17.5 Å². The topological polar surface area (TPSA) is 46.9 Å². The first-order valence-electron chi connectivity index (χ1n) is 8.36. The first-order valence-corrected chi connectivity index (χ1v) is 8.36. The number of amides is 1. The molecular formula is C20H18FN3O. The van der Waals surface area contributed by atoms with Crippen molar-refractivity contribution >= 4 is 5.91 Å². The summed E-state index contributed by atoms with van der Waals surface area (Å²) in [6.07, 6.45) is 5.30. The van der Waals surface area contributed by atoms with Crippen LogP contribution in [0.5, 0.6) is 0 Å². The maximum Gasteiger partial charge on any atom is 0.254 e. The number of hydrogen-bond acceptors (Lipinski definition) is 2. The van der Waals surface area contributed by atoms with Gasteiger partial charge < -0.3 is 9.88 Å². The second kappa shape index (κ2) is 6.51. The van der Waals surface area contributed by atoms with Crippen LogP contribution in [0.4, 0.5) is 4.39 Å². The lowest BCUT2D eigenvalue weighted by atomic mass is 10.0. The Bertz CT molecular complexity index is 904. The highest BCUT2D eigenvalue weighted by Gasteiger charge is 2.22. The molecule has 126 valence electrons. The van der Waals surface area contributed by atoms with Gasteiger partial charge in [0.15, 0.2) is 0 Å². The highest BCUT2D eigenvalue weighted by Crippen LogP contribution is 2.22. The number of aryl methyl sites for hydroxylation is 1. The van der Waals surface area contributed by atoms with Crippen molar-refractivity contribution in [3.8, 4) is 11.1 Å². The van der Waals surface area contributed by atoms with Crippen molar-refractivity contribution in [3.05, 3.63) is 78.1 Å². The number of halogens is 1. The van der Waals surface area contributed by atoms with Gasteiger partial charge in [-0.05, 0) is 29.7 Å². The highest BCUT2D eigenvalue weighted by atomic mass is 19.1. The molecule has 5 heteroatoms. The van der Waals surface area contributed by atoms with E-state index in [4.69, 9.17) is 0 Å². The molecule has 1 amide bonds. The van der Waals surface area contributed by atoms with Gasteiger partial charge in [-0.25, -0.2) is 9.37 Å². The third kappa shape index (κ3) is 3.18. The summed E-state index contributed by atoms with van der Waals surface area (Å²) in [7, 11) is 0. The van der Waals surface area contributed by atoms with Crippen LogP contribution in [0, 0.1) is 5.82 Å². The molecule has 4 nitrogen and oxygen atoms in total. The van der Waals surface area contributed by atoms with Gasteiger partial charge in [-0.2, -0.15) is 0 Å². The molecule has 0 fully saturated rings. The lowest BCUT2D eigenvalue weighted by Gasteiger charge is -2.24. The van der Waals surface area contributed by atoms with E-state index >= 15 is 0 Å². The van der Waals surface area contributed by atoms with Crippen molar-refractivity contribution in [2.24, 2.45) is 0 Å². The molecule has 25 heavy (non-hydrogen) atoms. The standard InChI is InChI=1S/C20H18FN3O/c21-18-12-15(14-4-2-1-3-5-14)6-8-17(18)20(25)23-16-7-9-19-22-10-11-24(19)13-16/h1-6,8,10-12,16H,7,9,13H2,(H,23,25). The number of aromatic nitrogens is 2. The molecule has 0 aliphatic carbocycles. The van der Waals surface area contributed by atoms with E-state index in [1.807, 2.05) is 41.1 Å². The van der Waals surface area contributed by atoms with E-state index in [0.29, 0.717) is 6.54 Å². The summed E-state index contributed by atoms with van der Waals surface area (Å²) < 4.78 is 16.5. The molecule has 1 aliphatic rings. The minimum absolute atomic E-state index is 0.0117. The van der Waals surface area contributed by atoms with Crippen LogP contribution in [0.2, 0.25) is 0 Å². The van der Waals surface area contributed by atoms with Crippen LogP contribution in [0.1, 0.15) is 22.6 Å². The monoisotopic (exact) mass is 335 g/mol. The number of hydrogen-bond donors (Lipinski definition) is 1. The van der Waals surface area contributed by atoms with E-state index < -0.39 is 5.82 Å². The van der Waals surface area contributed by atoms with E-state index in [1.54, 1.807) is 18.3 Å². The average molecular weight is 335 g/mol. The predicted molar refractivity (Wildman–Crippen MR) is 93.6 cm³/mol. The molecule has 0 saturated heterocycles. The summed E-state index contributed by atoms with van der Waals surface area (Å²) >= 11 is 0. The van der Waals surface area contributed by atoms with Crippen molar-refractivity contribution in [3.63, 3.8) is 0 Å². The normalized spacial score (nSPS) is 16.3. The van der Waals surface area contributed by atoms with Gasteiger partial charge in [0.05, 0.1) is 5.56 Å². The summed E-state index contributed by atoms with van der Waals surface area (Å²) in [5.74, 6) is 0.160. The molecule has 2 heterocycles. The zero-order valence-electron chi connectivity index (χ0n) is 13.7. The Morgan fingerprint density at radius 3 is 2.80 bits per heavy atom. The zero-order valence-corrected chi connectivity index (χ0v) is 13.7. The Morgan fingerprint density at radius 1 is 1.16 bits per heavy atom. The van der Waals surface area contributed by atoms with Crippen molar-refractivity contribution in [1.82, 2.24) is 14.9 Å². The number of nitrogens with one attached hydrogen (secondary N) is 1. The van der Waals surface area contributed by atoms with Crippen LogP contribution in [0.25, 0.3) is 11.1 Å². The fourth-order valence-electron chi connectivity index (χ4n) is 3.26. The maximum atomic E-state index is 14.5. The van der Waals surface area contributed by atoms with Crippen molar-refractivity contribution < 1.29 is 9.18 Å². The third-order valence-corrected chi connectivity index (χ3v) is 4.59. The lowest BCUT2D eigenvalue weighted by molar-refractivity contribution is 0.0923. The smallest absolute Gasteiger partial charge is 0.254 e. The number of carbonyl (C=O) groups is 1. The molecule has 0 spiro atoms. The lowest BCUT2D eigenvalue weighted by Crippen LogP contribution is -2.41. The van der Waals surface area contributed by atoms with Gasteiger partial charge in [-0.15, -0.1) is 0 Å². The van der Waals surface area contributed by atoms with Gasteiger partial charge in [0.1, 0.15) is 11.6 Å². The average Bonchev–Trinajstić information content (AvgIpc) is 3.10. The summed E-state index contributed by atoms with van der Waals surface area (Å²) in [4.78, 5) is 16.7. The summed E-state index contributed by atoms with van der Waals surface area (Å²) in [6.45, 7) is 0.671. The molecular weight excluding hydrogens is 317 g/mol. The second-order valence-electron chi connectivity index (χ2n) is 6.27. The van der Waals surface area contributed by atoms with Gasteiger partial charge in [0, 0.05) is 31.4 Å². The number of fused-ring (bicyclic) bond motifs is 1. The minimum atomic E-state index is -0.502. The Hall–Kier alpha value is -2.95. The molecule has 0 radical (unpaired) electrons. The van der Waals surface area contributed by atoms with Gasteiger partial charge in [-0.3, -0.25) is 4.79 Å².